The summed E-state index contributed by atoms with van der Waals surface area (Å²) in [5.74, 6) is 0. The minimum atomic E-state index is 0. The van der Waals surface area contributed by atoms with Gasteiger partial charge in [0.25, 0.3) is 0 Å². The predicted molar refractivity (Wildman–Crippen MR) is 16.0 cm³/mol. The van der Waals surface area contributed by atoms with E-state index >= 15 is 0 Å². The molecule has 0 aromatic heterocycles. The van der Waals surface area contributed by atoms with Gasteiger partial charge in [0, 0.05) is 57.6 Å². The van der Waals surface area contributed by atoms with E-state index in [4.69, 9.17) is 0 Å². The Hall–Kier alpha value is 4.17. The molecule has 0 aliphatic rings. The molecule has 0 saturated heterocycles. The van der Waals surface area contributed by atoms with Crippen molar-refractivity contribution in [1.29, 1.82) is 0 Å². The minimum Gasteiger partial charge on any atom is -1.00 e. The van der Waals surface area contributed by atoms with Crippen LogP contribution in [-0.2, 0) is 57.6 Å². The molecule has 0 nitrogen and oxygen atoms in total. The van der Waals surface area contributed by atoms with Gasteiger partial charge in [-0.25, -0.2) is 0 Å². The second kappa shape index (κ2) is 24.2. The first kappa shape index (κ1) is 35.2. The van der Waals surface area contributed by atoms with E-state index in [1.807, 2.05) is 0 Å². The second-order valence-electron chi connectivity index (χ2n) is 0. The van der Waals surface area contributed by atoms with Gasteiger partial charge in [-0.15, -0.1) is 0 Å². The van der Waals surface area contributed by atoms with E-state index in [0.717, 1.165) is 0 Å². The van der Waals surface area contributed by atoms with Crippen LogP contribution in [0, 0.1) is 0 Å². The fourth-order valence-electron chi connectivity index (χ4n) is 0. The van der Waals surface area contributed by atoms with Crippen molar-refractivity contribution in [3.63, 3.8) is 0 Å². The summed E-state index contributed by atoms with van der Waals surface area (Å²) in [6.07, 6.45) is 0. The standard InChI is InChI=1S/Ba.Fe.Mg.Mo.Zn.4H/q+2;;+2;;;4*-1. The maximum absolute atomic E-state index is 0. The van der Waals surface area contributed by atoms with E-state index in [-0.39, 0.29) is 135 Å². The molecular weight excluding hydrogens is 379 g/mol. The van der Waals surface area contributed by atoms with Crippen LogP contribution in [0.4, 0.5) is 0 Å². The molecule has 0 saturated carbocycles. The van der Waals surface area contributed by atoms with Gasteiger partial charge in [0.2, 0.25) is 0 Å². The zero-order valence-corrected chi connectivity index (χ0v) is 14.8. The van der Waals surface area contributed by atoms with Crippen molar-refractivity contribution in [3.8, 4) is 0 Å². The zero-order valence-electron chi connectivity index (χ0n) is 6.88. The van der Waals surface area contributed by atoms with Crippen LogP contribution < -0.4 is 0 Å². The summed E-state index contributed by atoms with van der Waals surface area (Å²) in [5, 5.41) is 0. The number of hydrogen-bond donors (Lipinski definition) is 0. The molecule has 5 heavy (non-hydrogen) atoms. The largest absolute Gasteiger partial charge is 2.00 e. The molecule has 0 heterocycles. The van der Waals surface area contributed by atoms with E-state index < -0.39 is 0 Å². The van der Waals surface area contributed by atoms with Gasteiger partial charge >= 0.3 is 71.9 Å². The summed E-state index contributed by atoms with van der Waals surface area (Å²) in [4.78, 5) is 0. The van der Waals surface area contributed by atoms with Gasteiger partial charge in [-0.2, -0.15) is 0 Å². The van der Waals surface area contributed by atoms with E-state index in [9.17, 15) is 0 Å². The normalized spacial score (nSPS) is 0. The van der Waals surface area contributed by atoms with Crippen LogP contribution in [-0.4, -0.2) is 71.9 Å². The average Bonchev–Trinajstić information content (AvgIpc) is 0. The molecule has 5 heteroatoms. The second-order valence-corrected chi connectivity index (χ2v) is 0. The zero-order chi connectivity index (χ0) is 0. The smallest absolute Gasteiger partial charge is 1.00 e. The quantitative estimate of drug-likeness (QED) is 0.504. The third kappa shape index (κ3) is 17.9. The van der Waals surface area contributed by atoms with Crippen LogP contribution in [0.2, 0.25) is 0 Å². The average molecular weight is 383 g/mol. The minimum absolute atomic E-state index is 0. The molecule has 0 rings (SSSR count). The molecule has 0 fully saturated rings. The molecule has 0 atom stereocenters. The van der Waals surface area contributed by atoms with Crippen molar-refractivity contribution >= 4 is 71.9 Å². The van der Waals surface area contributed by atoms with Crippen LogP contribution in [0.15, 0.2) is 0 Å². The molecule has 0 unspecified atom stereocenters. The Bertz CT molecular complexity index is 20.5. The first-order chi connectivity index (χ1) is 0. The molecule has 0 N–H and O–H groups in total. The van der Waals surface area contributed by atoms with E-state index in [1.54, 1.807) is 0 Å². The summed E-state index contributed by atoms with van der Waals surface area (Å²) in [6, 6.07) is 0. The Morgan fingerprint density at radius 1 is 1.20 bits per heavy atom. The Kier molecular flexibility index (Phi) is 170. The SMILES string of the molecule is [Ba+2].[Fe].[H-].[H-].[H-].[H-].[Mg+2].[Mo].[Zn]. The molecule has 0 radical (unpaired) electrons. The summed E-state index contributed by atoms with van der Waals surface area (Å²) < 4.78 is 0. The fraction of sp³-hybridized carbons (Fsp3) is 0. The third-order valence-corrected chi connectivity index (χ3v) is 0. The Balaban J connectivity index is 0. The van der Waals surface area contributed by atoms with Gasteiger partial charge in [0.15, 0.2) is 0 Å². The Morgan fingerprint density at radius 2 is 1.20 bits per heavy atom. The number of rotatable bonds is 0. The van der Waals surface area contributed by atoms with Crippen molar-refractivity contribution in [2.24, 2.45) is 0 Å². The van der Waals surface area contributed by atoms with Crippen molar-refractivity contribution in [2.75, 3.05) is 0 Å². The van der Waals surface area contributed by atoms with E-state index in [1.165, 1.54) is 0 Å². The first-order valence-corrected chi connectivity index (χ1v) is 0. The van der Waals surface area contributed by atoms with Gasteiger partial charge in [-0.3, -0.25) is 0 Å². The first-order valence-electron chi connectivity index (χ1n) is 0. The summed E-state index contributed by atoms with van der Waals surface area (Å²) >= 11 is 0. The molecule has 0 aromatic rings. The maximum atomic E-state index is 0. The van der Waals surface area contributed by atoms with Gasteiger partial charge in [-0.05, 0) is 0 Å². The summed E-state index contributed by atoms with van der Waals surface area (Å²) in [6.45, 7) is 0. The van der Waals surface area contributed by atoms with E-state index in [0.29, 0.717) is 0 Å². The fourth-order valence-corrected chi connectivity index (χ4v) is 0. The molecule has 0 spiro atoms. The molecule has 0 aromatic carbocycles. The molecule has 0 bridgehead atoms. The van der Waals surface area contributed by atoms with Crippen molar-refractivity contribution in [1.82, 2.24) is 0 Å². The van der Waals surface area contributed by atoms with Crippen molar-refractivity contribution in [3.05, 3.63) is 0 Å². The van der Waals surface area contributed by atoms with Gasteiger partial charge in [0.1, 0.15) is 0 Å². The van der Waals surface area contributed by atoms with Crippen molar-refractivity contribution in [2.45, 2.75) is 0 Å². The monoisotopic (exact) mass is 384 g/mol. The Morgan fingerprint density at radius 3 is 1.20 bits per heavy atom. The van der Waals surface area contributed by atoms with Gasteiger partial charge < -0.3 is 5.71 Å². The van der Waals surface area contributed by atoms with Crippen LogP contribution >= 0.6 is 0 Å². The summed E-state index contributed by atoms with van der Waals surface area (Å²) in [5.41, 5.74) is 0. The molecule has 0 amide bonds. The van der Waals surface area contributed by atoms with E-state index in [2.05, 4.69) is 0 Å². The predicted octanol–water partition coefficient (Wildman–Crippen LogP) is -0.319. The summed E-state index contributed by atoms with van der Waals surface area (Å²) in [7, 11) is 0. The molecule has 0 aliphatic heterocycles. The maximum Gasteiger partial charge on any atom is 2.00 e. The van der Waals surface area contributed by atoms with Gasteiger partial charge in [0.05, 0.1) is 0 Å². The molecule has 24 valence electrons. The van der Waals surface area contributed by atoms with Crippen LogP contribution in [0.3, 0.4) is 0 Å². The Labute approximate surface area is 132 Å². The molecule has 0 aliphatic carbocycles. The topological polar surface area (TPSA) is 0 Å². The number of hydrogen-bond acceptors (Lipinski definition) is 0. The van der Waals surface area contributed by atoms with Crippen molar-refractivity contribution < 1.29 is 63.3 Å². The van der Waals surface area contributed by atoms with Gasteiger partial charge in [-0.1, -0.05) is 0 Å². The molecular formula is H4BaFeMgMoZn. The van der Waals surface area contributed by atoms with Crippen LogP contribution in [0.1, 0.15) is 5.71 Å². The van der Waals surface area contributed by atoms with Crippen LogP contribution in [0.25, 0.3) is 0 Å². The third-order valence-electron chi connectivity index (χ3n) is 0. The van der Waals surface area contributed by atoms with Crippen LogP contribution in [0.5, 0.6) is 0 Å².